The molecule has 2 aromatic rings. The fourth-order valence-corrected chi connectivity index (χ4v) is 2.94. The number of rotatable bonds is 4. The third-order valence-corrected chi connectivity index (χ3v) is 4.55. The molecule has 8 nitrogen and oxygen atoms in total. The molecule has 3 rings (SSSR count). The van der Waals surface area contributed by atoms with Crippen LogP contribution >= 0.6 is 0 Å². The third kappa shape index (κ3) is 3.75. The molecular formula is C17H21N5O3. The molecule has 0 atom stereocenters. The van der Waals surface area contributed by atoms with E-state index in [4.69, 9.17) is 5.73 Å². The minimum Gasteiger partial charge on any atom is -0.394 e. The second kappa shape index (κ2) is 6.73. The van der Waals surface area contributed by atoms with Gasteiger partial charge in [-0.05, 0) is 19.8 Å². The van der Waals surface area contributed by atoms with Gasteiger partial charge in [0.25, 0.3) is 5.69 Å². The van der Waals surface area contributed by atoms with Crippen LogP contribution in [0.15, 0.2) is 30.3 Å². The van der Waals surface area contributed by atoms with E-state index < -0.39 is 10.5 Å². The number of nitro groups is 1. The monoisotopic (exact) mass is 343 g/mol. The minimum absolute atomic E-state index is 0.0120. The van der Waals surface area contributed by atoms with Gasteiger partial charge in [0.2, 0.25) is 0 Å². The molecule has 0 bridgehead atoms. The van der Waals surface area contributed by atoms with Gasteiger partial charge in [-0.25, -0.2) is 9.97 Å². The first kappa shape index (κ1) is 17.2. The molecule has 1 saturated heterocycles. The Bertz CT molecular complexity index is 788. The van der Waals surface area contributed by atoms with Crippen molar-refractivity contribution in [3.05, 3.63) is 46.1 Å². The highest BCUT2D eigenvalue weighted by Gasteiger charge is 2.30. The highest BCUT2D eigenvalue weighted by Crippen LogP contribution is 2.27. The van der Waals surface area contributed by atoms with E-state index >= 15 is 0 Å². The lowest BCUT2D eigenvalue weighted by atomic mass is 9.89. The fraction of sp³-hybridized carbons (Fsp3) is 0.412. The second-order valence-electron chi connectivity index (χ2n) is 6.51. The number of anilines is 1. The molecule has 0 radical (unpaired) electrons. The van der Waals surface area contributed by atoms with Crippen molar-refractivity contribution in [2.24, 2.45) is 5.73 Å². The molecule has 0 amide bonds. The smallest absolute Gasteiger partial charge is 0.270 e. The van der Waals surface area contributed by atoms with Gasteiger partial charge in [0.1, 0.15) is 5.82 Å². The van der Waals surface area contributed by atoms with Gasteiger partial charge >= 0.3 is 0 Å². The first-order valence-corrected chi connectivity index (χ1v) is 8.15. The van der Waals surface area contributed by atoms with E-state index in [1.807, 2.05) is 13.0 Å². The van der Waals surface area contributed by atoms with Crippen LogP contribution in [-0.4, -0.2) is 45.2 Å². The number of nitrogens with zero attached hydrogens (tertiary/aromatic N) is 4. The van der Waals surface area contributed by atoms with Crippen molar-refractivity contribution in [1.29, 1.82) is 0 Å². The molecule has 1 aromatic heterocycles. The summed E-state index contributed by atoms with van der Waals surface area (Å²) in [6.07, 6.45) is 1.36. The van der Waals surface area contributed by atoms with Crippen molar-refractivity contribution in [3.8, 4) is 11.4 Å². The van der Waals surface area contributed by atoms with Gasteiger partial charge in [-0.15, -0.1) is 0 Å². The number of hydrogen-bond acceptors (Lipinski definition) is 7. The Morgan fingerprint density at radius 1 is 1.32 bits per heavy atom. The average molecular weight is 343 g/mol. The maximum Gasteiger partial charge on any atom is 0.270 e. The Balaban J connectivity index is 1.89. The molecule has 1 aliphatic heterocycles. The molecule has 2 heterocycles. The van der Waals surface area contributed by atoms with Crippen LogP contribution in [0.3, 0.4) is 0 Å². The number of aromatic nitrogens is 2. The standard InChI is InChI=1S/C17H21N5O3/c1-12-9-15(21-7-5-17(18,11-23)6-8-21)20-16(19-12)13-3-2-4-14(10-13)22(24)25/h2-4,9-10,23H,5-8,11,18H2,1H3. The SMILES string of the molecule is Cc1cc(N2CCC(N)(CO)CC2)nc(-c2cccc([N+](=O)[O-])c2)n1. The number of benzene rings is 1. The highest BCUT2D eigenvalue weighted by molar-refractivity contribution is 5.61. The largest absolute Gasteiger partial charge is 0.394 e. The summed E-state index contributed by atoms with van der Waals surface area (Å²) in [5.74, 6) is 1.24. The van der Waals surface area contributed by atoms with Crippen molar-refractivity contribution in [2.45, 2.75) is 25.3 Å². The Morgan fingerprint density at radius 3 is 2.68 bits per heavy atom. The predicted molar refractivity (Wildman–Crippen MR) is 94.3 cm³/mol. The Hall–Kier alpha value is -2.58. The zero-order valence-corrected chi connectivity index (χ0v) is 14.1. The number of nitrogens with two attached hydrogens (primary N) is 1. The van der Waals surface area contributed by atoms with E-state index in [9.17, 15) is 15.2 Å². The summed E-state index contributed by atoms with van der Waals surface area (Å²) in [6, 6.07) is 8.21. The third-order valence-electron chi connectivity index (χ3n) is 4.55. The lowest BCUT2D eigenvalue weighted by Crippen LogP contribution is -2.53. The Morgan fingerprint density at radius 2 is 2.04 bits per heavy atom. The van der Waals surface area contributed by atoms with Crippen molar-refractivity contribution < 1.29 is 10.0 Å². The summed E-state index contributed by atoms with van der Waals surface area (Å²) in [7, 11) is 0. The van der Waals surface area contributed by atoms with Crippen LogP contribution in [0.4, 0.5) is 11.5 Å². The molecule has 8 heteroatoms. The van der Waals surface area contributed by atoms with Crippen LogP contribution in [0.2, 0.25) is 0 Å². The van der Waals surface area contributed by atoms with Crippen molar-refractivity contribution >= 4 is 11.5 Å². The van der Waals surface area contributed by atoms with Gasteiger partial charge in [0.05, 0.1) is 11.5 Å². The van der Waals surface area contributed by atoms with E-state index in [2.05, 4.69) is 14.9 Å². The van der Waals surface area contributed by atoms with Crippen LogP contribution in [0.25, 0.3) is 11.4 Å². The normalized spacial score (nSPS) is 16.7. The maximum absolute atomic E-state index is 11.0. The number of non-ortho nitro benzene ring substituents is 1. The molecule has 1 aromatic carbocycles. The number of nitro benzene ring substituents is 1. The molecule has 0 aliphatic carbocycles. The van der Waals surface area contributed by atoms with E-state index in [1.54, 1.807) is 12.1 Å². The molecule has 0 spiro atoms. The van der Waals surface area contributed by atoms with E-state index in [0.29, 0.717) is 37.3 Å². The number of hydrogen-bond donors (Lipinski definition) is 2. The van der Waals surface area contributed by atoms with E-state index in [1.165, 1.54) is 12.1 Å². The van der Waals surface area contributed by atoms with Crippen molar-refractivity contribution in [1.82, 2.24) is 9.97 Å². The van der Waals surface area contributed by atoms with Crippen LogP contribution in [0.5, 0.6) is 0 Å². The quantitative estimate of drug-likeness (QED) is 0.640. The Labute approximate surface area is 145 Å². The van der Waals surface area contributed by atoms with Gasteiger partial charge in [0.15, 0.2) is 5.82 Å². The van der Waals surface area contributed by atoms with Gasteiger partial charge in [0, 0.05) is 48.1 Å². The fourth-order valence-electron chi connectivity index (χ4n) is 2.94. The zero-order valence-electron chi connectivity index (χ0n) is 14.1. The van der Waals surface area contributed by atoms with Crippen molar-refractivity contribution in [2.75, 3.05) is 24.6 Å². The molecule has 1 aliphatic rings. The summed E-state index contributed by atoms with van der Waals surface area (Å²) in [5, 5.41) is 20.4. The number of aryl methyl sites for hydroxylation is 1. The molecule has 132 valence electrons. The highest BCUT2D eigenvalue weighted by atomic mass is 16.6. The summed E-state index contributed by atoms with van der Waals surface area (Å²) in [5.41, 5.74) is 7.01. The first-order chi connectivity index (χ1) is 11.9. The van der Waals surface area contributed by atoms with Gasteiger partial charge in [-0.3, -0.25) is 10.1 Å². The molecule has 3 N–H and O–H groups in total. The topological polar surface area (TPSA) is 118 Å². The number of aliphatic hydroxyl groups is 1. The zero-order chi connectivity index (χ0) is 18.0. The molecule has 0 unspecified atom stereocenters. The maximum atomic E-state index is 11.0. The lowest BCUT2D eigenvalue weighted by Gasteiger charge is -2.38. The van der Waals surface area contributed by atoms with Crippen LogP contribution < -0.4 is 10.6 Å². The minimum atomic E-state index is -0.526. The van der Waals surface area contributed by atoms with Crippen molar-refractivity contribution in [3.63, 3.8) is 0 Å². The van der Waals surface area contributed by atoms with Crippen LogP contribution in [-0.2, 0) is 0 Å². The van der Waals surface area contributed by atoms with E-state index in [0.717, 1.165) is 11.5 Å². The summed E-state index contributed by atoms with van der Waals surface area (Å²) < 4.78 is 0. The van der Waals surface area contributed by atoms with Gasteiger partial charge in [-0.1, -0.05) is 12.1 Å². The lowest BCUT2D eigenvalue weighted by molar-refractivity contribution is -0.384. The Kier molecular flexibility index (Phi) is 4.65. The summed E-state index contributed by atoms with van der Waals surface area (Å²) in [6.45, 7) is 3.24. The van der Waals surface area contributed by atoms with Crippen LogP contribution in [0, 0.1) is 17.0 Å². The van der Waals surface area contributed by atoms with Gasteiger partial charge < -0.3 is 15.7 Å². The van der Waals surface area contributed by atoms with E-state index in [-0.39, 0.29) is 12.3 Å². The summed E-state index contributed by atoms with van der Waals surface area (Å²) in [4.78, 5) is 21.7. The molecule has 25 heavy (non-hydrogen) atoms. The average Bonchev–Trinajstić information content (AvgIpc) is 2.62. The molecular weight excluding hydrogens is 322 g/mol. The molecule has 0 saturated carbocycles. The number of aliphatic hydroxyl groups excluding tert-OH is 1. The summed E-state index contributed by atoms with van der Waals surface area (Å²) >= 11 is 0. The van der Waals surface area contributed by atoms with Gasteiger partial charge in [-0.2, -0.15) is 0 Å². The molecule has 1 fully saturated rings. The van der Waals surface area contributed by atoms with Crippen LogP contribution in [0.1, 0.15) is 18.5 Å². The first-order valence-electron chi connectivity index (χ1n) is 8.15. The second-order valence-corrected chi connectivity index (χ2v) is 6.51. The predicted octanol–water partition coefficient (Wildman–Crippen LogP) is 1.65. The number of piperidine rings is 1.